The van der Waals surface area contributed by atoms with E-state index in [-0.39, 0.29) is 11.9 Å². The van der Waals surface area contributed by atoms with Crippen molar-refractivity contribution >= 4 is 21.9 Å². The Balaban J connectivity index is 2.81. The van der Waals surface area contributed by atoms with Crippen LogP contribution in [0.5, 0.6) is 0 Å². The highest BCUT2D eigenvalue weighted by molar-refractivity contribution is 9.10. The van der Waals surface area contributed by atoms with E-state index in [0.717, 1.165) is 23.7 Å². The van der Waals surface area contributed by atoms with Gasteiger partial charge in [0.15, 0.2) is 0 Å². The van der Waals surface area contributed by atoms with Crippen molar-refractivity contribution in [3.05, 3.63) is 22.6 Å². The van der Waals surface area contributed by atoms with Gasteiger partial charge in [-0.15, -0.1) is 0 Å². The lowest BCUT2D eigenvalue weighted by Gasteiger charge is -2.11. The summed E-state index contributed by atoms with van der Waals surface area (Å²) in [6, 6.07) is 1.79. The fraction of sp³-hybridized carbons (Fsp3) is 0.545. The van der Waals surface area contributed by atoms with Crippen LogP contribution < -0.4 is 0 Å². The van der Waals surface area contributed by atoms with Crippen LogP contribution in [0.15, 0.2) is 21.2 Å². The van der Waals surface area contributed by atoms with E-state index < -0.39 is 0 Å². The van der Waals surface area contributed by atoms with E-state index in [9.17, 15) is 4.79 Å². The van der Waals surface area contributed by atoms with Gasteiger partial charge in [-0.3, -0.25) is 4.79 Å². The lowest BCUT2D eigenvalue weighted by Crippen LogP contribution is -2.14. The molecule has 4 heteroatoms. The first-order chi connectivity index (χ1) is 7.20. The Morgan fingerprint density at radius 1 is 1.67 bits per heavy atom. The topological polar surface area (TPSA) is 39.4 Å². The van der Waals surface area contributed by atoms with Gasteiger partial charge in [-0.1, -0.05) is 19.8 Å². The van der Waals surface area contributed by atoms with Crippen molar-refractivity contribution in [1.82, 2.24) is 0 Å². The summed E-state index contributed by atoms with van der Waals surface area (Å²) in [6.07, 6.45) is 4.36. The SMILES string of the molecule is CCCCC(C(=O)OC)c1occc1Br. The summed E-state index contributed by atoms with van der Waals surface area (Å²) in [7, 11) is 1.40. The second-order valence-electron chi connectivity index (χ2n) is 3.35. The molecule has 0 bridgehead atoms. The Hall–Kier alpha value is -0.770. The molecule has 84 valence electrons. The first-order valence-corrected chi connectivity index (χ1v) is 5.80. The zero-order valence-corrected chi connectivity index (χ0v) is 10.5. The van der Waals surface area contributed by atoms with Gasteiger partial charge in [-0.2, -0.15) is 0 Å². The molecule has 0 N–H and O–H groups in total. The van der Waals surface area contributed by atoms with Crippen molar-refractivity contribution in [2.75, 3.05) is 7.11 Å². The number of carbonyl (C=O) groups excluding carboxylic acids is 1. The molecule has 0 saturated heterocycles. The van der Waals surface area contributed by atoms with E-state index in [1.807, 2.05) is 0 Å². The highest BCUT2D eigenvalue weighted by Gasteiger charge is 2.25. The normalized spacial score (nSPS) is 12.5. The molecule has 1 aromatic rings. The van der Waals surface area contributed by atoms with Crippen LogP contribution in [0.1, 0.15) is 37.9 Å². The molecule has 1 rings (SSSR count). The first-order valence-electron chi connectivity index (χ1n) is 5.01. The van der Waals surface area contributed by atoms with Crippen molar-refractivity contribution in [1.29, 1.82) is 0 Å². The number of ether oxygens (including phenoxy) is 1. The lowest BCUT2D eigenvalue weighted by atomic mass is 10.00. The molecule has 0 spiro atoms. The van der Waals surface area contributed by atoms with Gasteiger partial charge in [0.05, 0.1) is 17.8 Å². The fourth-order valence-corrected chi connectivity index (χ4v) is 1.94. The van der Waals surface area contributed by atoms with E-state index >= 15 is 0 Å². The van der Waals surface area contributed by atoms with Crippen molar-refractivity contribution < 1.29 is 13.9 Å². The minimum Gasteiger partial charge on any atom is -0.468 e. The number of hydrogen-bond acceptors (Lipinski definition) is 3. The molecule has 0 amide bonds. The van der Waals surface area contributed by atoms with Crippen LogP contribution in [0.25, 0.3) is 0 Å². The van der Waals surface area contributed by atoms with Gasteiger partial charge in [-0.25, -0.2) is 0 Å². The van der Waals surface area contributed by atoms with E-state index in [4.69, 9.17) is 9.15 Å². The number of methoxy groups -OCH3 is 1. The van der Waals surface area contributed by atoms with Crippen molar-refractivity contribution in [2.24, 2.45) is 0 Å². The molecule has 0 aliphatic carbocycles. The molecule has 1 atom stereocenters. The summed E-state index contributed by atoms with van der Waals surface area (Å²) in [5.41, 5.74) is 0. The van der Waals surface area contributed by atoms with Crippen molar-refractivity contribution in [3.63, 3.8) is 0 Å². The zero-order chi connectivity index (χ0) is 11.3. The fourth-order valence-electron chi connectivity index (χ4n) is 1.46. The standard InChI is InChI=1S/C11H15BrO3/c1-3-4-5-8(11(13)14-2)10-9(12)6-7-15-10/h6-8H,3-5H2,1-2H3. The largest absolute Gasteiger partial charge is 0.468 e. The highest BCUT2D eigenvalue weighted by Crippen LogP contribution is 2.30. The molecule has 0 aliphatic rings. The Morgan fingerprint density at radius 3 is 2.87 bits per heavy atom. The Morgan fingerprint density at radius 2 is 2.40 bits per heavy atom. The predicted octanol–water partition coefficient (Wildman–Crippen LogP) is 3.49. The van der Waals surface area contributed by atoms with E-state index in [1.54, 1.807) is 12.3 Å². The lowest BCUT2D eigenvalue weighted by molar-refractivity contribution is -0.143. The summed E-state index contributed by atoms with van der Waals surface area (Å²) in [6.45, 7) is 2.09. The van der Waals surface area contributed by atoms with Gasteiger partial charge in [-0.05, 0) is 28.4 Å². The quantitative estimate of drug-likeness (QED) is 0.772. The summed E-state index contributed by atoms with van der Waals surface area (Å²) in [5, 5.41) is 0. The van der Waals surface area contributed by atoms with E-state index in [0.29, 0.717) is 5.76 Å². The Bertz CT molecular complexity index is 319. The third-order valence-electron chi connectivity index (χ3n) is 2.29. The number of esters is 1. The average Bonchev–Trinajstić information content (AvgIpc) is 2.65. The first kappa shape index (κ1) is 12.3. The molecule has 0 aliphatic heterocycles. The average molecular weight is 275 g/mol. The van der Waals surface area contributed by atoms with Crippen LogP contribution in [-0.2, 0) is 9.53 Å². The molecule has 0 radical (unpaired) electrons. The van der Waals surface area contributed by atoms with E-state index in [2.05, 4.69) is 22.9 Å². The molecule has 3 nitrogen and oxygen atoms in total. The summed E-state index contributed by atoms with van der Waals surface area (Å²) in [4.78, 5) is 11.6. The van der Waals surface area contributed by atoms with Gasteiger partial charge in [0.1, 0.15) is 11.7 Å². The van der Waals surface area contributed by atoms with Crippen molar-refractivity contribution in [2.45, 2.75) is 32.1 Å². The van der Waals surface area contributed by atoms with Gasteiger partial charge in [0, 0.05) is 0 Å². The molecule has 0 aromatic carbocycles. The molecule has 0 saturated carbocycles. The monoisotopic (exact) mass is 274 g/mol. The highest BCUT2D eigenvalue weighted by atomic mass is 79.9. The molecular weight excluding hydrogens is 260 g/mol. The number of halogens is 1. The molecular formula is C11H15BrO3. The molecule has 0 fully saturated rings. The summed E-state index contributed by atoms with van der Waals surface area (Å²) in [5.74, 6) is 0.133. The second kappa shape index (κ2) is 5.95. The molecule has 1 unspecified atom stereocenters. The van der Waals surface area contributed by atoms with Crippen LogP contribution in [0.4, 0.5) is 0 Å². The van der Waals surface area contributed by atoms with Crippen LogP contribution >= 0.6 is 15.9 Å². The number of unbranched alkanes of at least 4 members (excludes halogenated alkanes) is 1. The summed E-state index contributed by atoms with van der Waals surface area (Å²) < 4.78 is 10.9. The van der Waals surface area contributed by atoms with Crippen LogP contribution in [-0.4, -0.2) is 13.1 Å². The number of furan rings is 1. The second-order valence-corrected chi connectivity index (χ2v) is 4.21. The minimum atomic E-state index is -0.292. The van der Waals surface area contributed by atoms with Gasteiger partial charge in [0.2, 0.25) is 0 Å². The predicted molar refractivity (Wildman–Crippen MR) is 60.7 cm³/mol. The summed E-state index contributed by atoms with van der Waals surface area (Å²) >= 11 is 3.35. The van der Waals surface area contributed by atoms with Gasteiger partial charge >= 0.3 is 5.97 Å². The minimum absolute atomic E-state index is 0.237. The molecule has 1 aromatic heterocycles. The molecule has 15 heavy (non-hydrogen) atoms. The number of hydrogen-bond donors (Lipinski definition) is 0. The van der Waals surface area contributed by atoms with Crippen molar-refractivity contribution in [3.8, 4) is 0 Å². The molecule has 1 heterocycles. The smallest absolute Gasteiger partial charge is 0.316 e. The third kappa shape index (κ3) is 3.09. The van der Waals surface area contributed by atoms with Gasteiger partial charge < -0.3 is 9.15 Å². The van der Waals surface area contributed by atoms with Crippen LogP contribution in [0.3, 0.4) is 0 Å². The van der Waals surface area contributed by atoms with E-state index in [1.165, 1.54) is 7.11 Å². The maximum absolute atomic E-state index is 11.6. The third-order valence-corrected chi connectivity index (χ3v) is 2.95. The number of rotatable bonds is 5. The number of carbonyl (C=O) groups is 1. The van der Waals surface area contributed by atoms with Crippen LogP contribution in [0, 0.1) is 0 Å². The zero-order valence-electron chi connectivity index (χ0n) is 8.96. The van der Waals surface area contributed by atoms with Crippen LogP contribution in [0.2, 0.25) is 0 Å². The maximum Gasteiger partial charge on any atom is 0.316 e. The Kier molecular flexibility index (Phi) is 4.88. The van der Waals surface area contributed by atoms with Gasteiger partial charge in [0.25, 0.3) is 0 Å². The Labute approximate surface area is 97.9 Å². The maximum atomic E-state index is 11.6.